The van der Waals surface area contributed by atoms with E-state index in [9.17, 15) is 8.42 Å². The van der Waals surface area contributed by atoms with Crippen LogP contribution in [0.25, 0.3) is 0 Å². The largest absolute Gasteiger partial charge is 0.392 e. The van der Waals surface area contributed by atoms with Crippen molar-refractivity contribution in [2.45, 2.75) is 45.4 Å². The number of hydrogen-bond acceptors (Lipinski definition) is 3. The minimum Gasteiger partial charge on any atom is -0.392 e. The van der Waals surface area contributed by atoms with Gasteiger partial charge < -0.3 is 5.73 Å². The zero-order chi connectivity index (χ0) is 12.2. The maximum absolute atomic E-state index is 11.8. The summed E-state index contributed by atoms with van der Waals surface area (Å²) in [6.45, 7) is 7.39. The van der Waals surface area contributed by atoms with E-state index >= 15 is 0 Å². The van der Waals surface area contributed by atoms with E-state index in [0.29, 0.717) is 0 Å². The van der Waals surface area contributed by atoms with Gasteiger partial charge in [-0.15, -0.1) is 0 Å². The molecular formula is C9H20N2O2S2. The van der Waals surface area contributed by atoms with Crippen molar-refractivity contribution < 1.29 is 8.42 Å². The Balaban J connectivity index is 4.70. The summed E-state index contributed by atoms with van der Waals surface area (Å²) in [5.41, 5.74) is 5.33. The summed E-state index contributed by atoms with van der Waals surface area (Å²) >= 11 is 4.68. The highest BCUT2D eigenvalue weighted by atomic mass is 32.2. The number of thiocarbonyl (C=S) groups is 1. The van der Waals surface area contributed by atoms with Crippen molar-refractivity contribution in [3.63, 3.8) is 0 Å². The van der Waals surface area contributed by atoms with E-state index in [4.69, 9.17) is 5.73 Å². The fraction of sp³-hybridized carbons (Fsp3) is 0.889. The van der Waals surface area contributed by atoms with Crippen molar-refractivity contribution in [2.24, 2.45) is 11.7 Å². The van der Waals surface area contributed by atoms with Gasteiger partial charge in [-0.2, -0.15) is 0 Å². The standard InChI is InChI=1S/C9H20N2O2S2/c1-5-8(6(2)3)11-15(12,13)7(4)9(10)14/h6-8,11H,5H2,1-4H3,(H2,10,14). The van der Waals surface area contributed by atoms with Crippen molar-refractivity contribution in [2.75, 3.05) is 0 Å². The first-order valence-corrected chi connectivity index (χ1v) is 6.98. The average molecular weight is 252 g/mol. The van der Waals surface area contributed by atoms with Gasteiger partial charge in [-0.1, -0.05) is 33.0 Å². The molecule has 0 rings (SSSR count). The molecule has 0 aliphatic rings. The Bertz CT molecular complexity index is 312. The number of sulfonamides is 1. The van der Waals surface area contributed by atoms with Crippen LogP contribution < -0.4 is 10.5 Å². The molecule has 0 aromatic heterocycles. The van der Waals surface area contributed by atoms with E-state index in [1.807, 2.05) is 20.8 Å². The summed E-state index contributed by atoms with van der Waals surface area (Å²) in [6.07, 6.45) is 0.751. The van der Waals surface area contributed by atoms with E-state index < -0.39 is 15.3 Å². The second kappa shape index (κ2) is 5.77. The van der Waals surface area contributed by atoms with Gasteiger partial charge >= 0.3 is 0 Å². The number of rotatable bonds is 6. The lowest BCUT2D eigenvalue weighted by Gasteiger charge is -2.22. The Morgan fingerprint density at radius 3 is 2.13 bits per heavy atom. The predicted octanol–water partition coefficient (Wildman–Crippen LogP) is 1.02. The third kappa shape index (κ3) is 4.44. The van der Waals surface area contributed by atoms with Crippen LogP contribution in [-0.4, -0.2) is 24.7 Å². The van der Waals surface area contributed by atoms with Gasteiger partial charge in [-0.05, 0) is 19.3 Å². The van der Waals surface area contributed by atoms with Crippen LogP contribution in [0.3, 0.4) is 0 Å². The van der Waals surface area contributed by atoms with Gasteiger partial charge in [0.1, 0.15) is 5.25 Å². The maximum atomic E-state index is 11.8. The predicted molar refractivity (Wildman–Crippen MR) is 67.2 cm³/mol. The summed E-state index contributed by atoms with van der Waals surface area (Å²) in [5, 5.41) is -0.819. The van der Waals surface area contributed by atoms with Crippen LogP contribution in [0, 0.1) is 5.92 Å². The van der Waals surface area contributed by atoms with Crippen LogP contribution >= 0.6 is 12.2 Å². The van der Waals surface area contributed by atoms with Crippen molar-refractivity contribution in [3.8, 4) is 0 Å². The highest BCUT2D eigenvalue weighted by Gasteiger charge is 2.26. The van der Waals surface area contributed by atoms with Crippen molar-refractivity contribution in [3.05, 3.63) is 0 Å². The third-order valence-corrected chi connectivity index (χ3v) is 4.75. The summed E-state index contributed by atoms with van der Waals surface area (Å²) in [7, 11) is -3.43. The van der Waals surface area contributed by atoms with E-state index in [2.05, 4.69) is 16.9 Å². The summed E-state index contributed by atoms with van der Waals surface area (Å²) in [6, 6.07) is -0.0631. The Morgan fingerprint density at radius 1 is 1.40 bits per heavy atom. The molecule has 0 radical (unpaired) electrons. The molecule has 0 bridgehead atoms. The van der Waals surface area contributed by atoms with Gasteiger partial charge in [0.2, 0.25) is 10.0 Å². The molecule has 0 aromatic rings. The smallest absolute Gasteiger partial charge is 0.220 e. The molecule has 2 atom stereocenters. The number of nitrogens with two attached hydrogens (primary N) is 1. The lowest BCUT2D eigenvalue weighted by Crippen LogP contribution is -2.46. The van der Waals surface area contributed by atoms with Crippen LogP contribution in [0.5, 0.6) is 0 Å². The molecule has 0 heterocycles. The monoisotopic (exact) mass is 252 g/mol. The molecule has 2 unspecified atom stereocenters. The summed E-state index contributed by atoms with van der Waals surface area (Å²) in [5.74, 6) is 0.253. The van der Waals surface area contributed by atoms with Gasteiger partial charge in [-0.25, -0.2) is 13.1 Å². The highest BCUT2D eigenvalue weighted by Crippen LogP contribution is 2.09. The topological polar surface area (TPSA) is 72.2 Å². The Morgan fingerprint density at radius 2 is 1.87 bits per heavy atom. The lowest BCUT2D eigenvalue weighted by molar-refractivity contribution is 0.436. The van der Waals surface area contributed by atoms with Gasteiger partial charge in [0.15, 0.2) is 0 Å². The quantitative estimate of drug-likeness (QED) is 0.692. The number of nitrogens with one attached hydrogen (secondary N) is 1. The fourth-order valence-electron chi connectivity index (χ4n) is 1.16. The van der Waals surface area contributed by atoms with Crippen LogP contribution in [0.2, 0.25) is 0 Å². The van der Waals surface area contributed by atoms with Gasteiger partial charge in [0.05, 0.1) is 4.99 Å². The van der Waals surface area contributed by atoms with E-state index in [1.54, 1.807) is 0 Å². The minimum absolute atomic E-state index is 0.00103. The molecule has 0 amide bonds. The van der Waals surface area contributed by atoms with E-state index in [-0.39, 0.29) is 16.9 Å². The van der Waals surface area contributed by atoms with E-state index in [0.717, 1.165) is 6.42 Å². The normalized spacial score (nSPS) is 16.3. The summed E-state index contributed by atoms with van der Waals surface area (Å²) < 4.78 is 26.2. The zero-order valence-electron chi connectivity index (χ0n) is 9.65. The van der Waals surface area contributed by atoms with Crippen molar-refractivity contribution >= 4 is 27.2 Å². The maximum Gasteiger partial charge on any atom is 0.220 e. The molecule has 0 fully saturated rings. The molecule has 0 aliphatic heterocycles. The molecule has 90 valence electrons. The molecule has 0 saturated carbocycles. The first-order chi connectivity index (χ1) is 6.72. The third-order valence-electron chi connectivity index (χ3n) is 2.43. The first-order valence-electron chi connectivity index (χ1n) is 5.02. The van der Waals surface area contributed by atoms with Gasteiger partial charge in [-0.3, -0.25) is 0 Å². The van der Waals surface area contributed by atoms with Crippen LogP contribution in [0.4, 0.5) is 0 Å². The van der Waals surface area contributed by atoms with E-state index in [1.165, 1.54) is 6.92 Å². The second-order valence-corrected chi connectivity index (χ2v) is 6.47. The molecule has 0 spiro atoms. The molecule has 0 saturated heterocycles. The second-order valence-electron chi connectivity index (χ2n) is 3.97. The SMILES string of the molecule is CCC(NS(=O)(=O)C(C)C(N)=S)C(C)C. The molecule has 4 nitrogen and oxygen atoms in total. The fourth-order valence-corrected chi connectivity index (χ4v) is 2.91. The Labute approximate surface area is 97.7 Å². The molecule has 0 aliphatic carbocycles. The van der Waals surface area contributed by atoms with Crippen LogP contribution in [-0.2, 0) is 10.0 Å². The Kier molecular flexibility index (Phi) is 5.69. The Hall–Kier alpha value is -0.200. The van der Waals surface area contributed by atoms with Crippen LogP contribution in [0.15, 0.2) is 0 Å². The lowest BCUT2D eigenvalue weighted by atomic mass is 10.0. The number of hydrogen-bond donors (Lipinski definition) is 2. The average Bonchev–Trinajstić information content (AvgIpc) is 2.12. The van der Waals surface area contributed by atoms with Gasteiger partial charge in [0.25, 0.3) is 0 Å². The van der Waals surface area contributed by atoms with Crippen molar-refractivity contribution in [1.29, 1.82) is 0 Å². The molecule has 0 aromatic carbocycles. The highest BCUT2D eigenvalue weighted by molar-refractivity contribution is 7.93. The molecule has 3 N–H and O–H groups in total. The molecular weight excluding hydrogens is 232 g/mol. The molecule has 15 heavy (non-hydrogen) atoms. The van der Waals surface area contributed by atoms with Crippen molar-refractivity contribution in [1.82, 2.24) is 4.72 Å². The minimum atomic E-state index is -3.43. The summed E-state index contributed by atoms with van der Waals surface area (Å²) in [4.78, 5) is 0.00103. The molecule has 6 heteroatoms. The zero-order valence-corrected chi connectivity index (χ0v) is 11.3. The van der Waals surface area contributed by atoms with Crippen LogP contribution in [0.1, 0.15) is 34.1 Å². The first kappa shape index (κ1) is 14.8. The van der Waals surface area contributed by atoms with Gasteiger partial charge in [0, 0.05) is 6.04 Å².